The number of nitrogens with one attached hydrogen (secondary N) is 2. The number of piperazine rings is 1. The van der Waals surface area contributed by atoms with Crippen LogP contribution in [0.5, 0.6) is 0 Å². The molecule has 0 aliphatic carbocycles. The minimum absolute atomic E-state index is 0. The Morgan fingerprint density at radius 3 is 2.56 bits per heavy atom. The molecule has 1 aromatic carbocycles. The molecule has 1 aliphatic heterocycles. The Labute approximate surface area is 162 Å². The molecule has 1 aliphatic rings. The molecular formula is C16H27Cl2N3O3S. The van der Waals surface area contributed by atoms with E-state index in [1.165, 1.54) is 12.1 Å². The number of benzene rings is 1. The summed E-state index contributed by atoms with van der Waals surface area (Å²) < 4.78 is 27.2. The molecule has 2 N–H and O–H groups in total. The summed E-state index contributed by atoms with van der Waals surface area (Å²) >= 11 is 0. The van der Waals surface area contributed by atoms with Crippen LogP contribution in [0.4, 0.5) is 0 Å². The van der Waals surface area contributed by atoms with Crippen molar-refractivity contribution in [2.75, 3.05) is 39.3 Å². The topological polar surface area (TPSA) is 78.5 Å². The molecule has 1 heterocycles. The summed E-state index contributed by atoms with van der Waals surface area (Å²) in [6.45, 7) is 7.05. The van der Waals surface area contributed by atoms with Crippen LogP contribution in [-0.4, -0.2) is 58.4 Å². The third-order valence-corrected chi connectivity index (χ3v) is 5.40. The molecule has 0 saturated carbocycles. The van der Waals surface area contributed by atoms with Crippen LogP contribution in [0, 0.1) is 0 Å². The van der Waals surface area contributed by atoms with Gasteiger partial charge in [0.25, 0.3) is 0 Å². The molecule has 1 aromatic rings. The van der Waals surface area contributed by atoms with Gasteiger partial charge in [-0.2, -0.15) is 0 Å². The number of halogens is 2. The van der Waals surface area contributed by atoms with Crippen LogP contribution in [0.25, 0.3) is 0 Å². The SMILES string of the molecule is CCC(=O)c1cccc(S(=O)(=O)NCCCN2CCNCC2)c1.Cl.Cl. The lowest BCUT2D eigenvalue weighted by Crippen LogP contribution is -2.44. The zero-order chi connectivity index (χ0) is 16.7. The molecule has 0 atom stereocenters. The van der Waals surface area contributed by atoms with Gasteiger partial charge in [0.15, 0.2) is 5.78 Å². The number of Topliss-reactive ketones (excluding diaryl/α,β-unsaturated/α-hetero) is 1. The maximum absolute atomic E-state index is 12.3. The Bertz CT molecular complexity index is 635. The van der Waals surface area contributed by atoms with E-state index in [4.69, 9.17) is 0 Å². The minimum atomic E-state index is -3.56. The predicted molar refractivity (Wildman–Crippen MR) is 105 cm³/mol. The van der Waals surface area contributed by atoms with Gasteiger partial charge in [0, 0.05) is 44.7 Å². The number of ketones is 1. The second kappa shape index (κ2) is 11.8. The lowest BCUT2D eigenvalue weighted by molar-refractivity contribution is 0.0988. The van der Waals surface area contributed by atoms with Crippen molar-refractivity contribution in [2.24, 2.45) is 0 Å². The summed E-state index contributed by atoms with van der Waals surface area (Å²) in [4.78, 5) is 14.2. The fraction of sp³-hybridized carbons (Fsp3) is 0.562. The van der Waals surface area contributed by atoms with Crippen molar-refractivity contribution in [2.45, 2.75) is 24.7 Å². The third kappa shape index (κ3) is 7.60. The van der Waals surface area contributed by atoms with Crippen LogP contribution in [0.15, 0.2) is 29.2 Å². The van der Waals surface area contributed by atoms with Crippen LogP contribution < -0.4 is 10.0 Å². The van der Waals surface area contributed by atoms with Crippen molar-refractivity contribution in [1.82, 2.24) is 14.9 Å². The number of carbonyl (C=O) groups is 1. The van der Waals surface area contributed by atoms with Crippen molar-refractivity contribution in [3.05, 3.63) is 29.8 Å². The van der Waals surface area contributed by atoms with E-state index in [1.54, 1.807) is 19.1 Å². The number of hydrogen-bond acceptors (Lipinski definition) is 5. The zero-order valence-electron chi connectivity index (χ0n) is 14.4. The van der Waals surface area contributed by atoms with Gasteiger partial charge < -0.3 is 10.2 Å². The molecule has 0 spiro atoms. The van der Waals surface area contributed by atoms with Crippen LogP contribution in [-0.2, 0) is 10.0 Å². The molecule has 0 bridgehead atoms. The molecule has 144 valence electrons. The van der Waals surface area contributed by atoms with E-state index in [1.807, 2.05) is 0 Å². The number of sulfonamides is 1. The van der Waals surface area contributed by atoms with Crippen molar-refractivity contribution in [3.63, 3.8) is 0 Å². The van der Waals surface area contributed by atoms with Crippen molar-refractivity contribution in [1.29, 1.82) is 0 Å². The van der Waals surface area contributed by atoms with E-state index in [9.17, 15) is 13.2 Å². The van der Waals surface area contributed by atoms with Crippen LogP contribution in [0.1, 0.15) is 30.1 Å². The largest absolute Gasteiger partial charge is 0.314 e. The van der Waals surface area contributed by atoms with Gasteiger partial charge in [-0.05, 0) is 25.1 Å². The van der Waals surface area contributed by atoms with Crippen molar-refractivity contribution < 1.29 is 13.2 Å². The quantitative estimate of drug-likeness (QED) is 0.502. The maximum Gasteiger partial charge on any atom is 0.240 e. The molecule has 1 fully saturated rings. The number of nitrogens with zero attached hydrogens (tertiary/aromatic N) is 1. The molecule has 25 heavy (non-hydrogen) atoms. The van der Waals surface area contributed by atoms with Gasteiger partial charge in [0.2, 0.25) is 10.0 Å². The van der Waals surface area contributed by atoms with Crippen LogP contribution in [0.2, 0.25) is 0 Å². The van der Waals surface area contributed by atoms with E-state index in [0.717, 1.165) is 39.1 Å². The number of rotatable bonds is 8. The lowest BCUT2D eigenvalue weighted by atomic mass is 10.1. The summed E-state index contributed by atoms with van der Waals surface area (Å²) in [7, 11) is -3.56. The van der Waals surface area contributed by atoms with E-state index >= 15 is 0 Å². The van der Waals surface area contributed by atoms with Gasteiger partial charge in [0.05, 0.1) is 4.90 Å². The van der Waals surface area contributed by atoms with Gasteiger partial charge in [-0.25, -0.2) is 13.1 Å². The van der Waals surface area contributed by atoms with E-state index in [2.05, 4.69) is 14.9 Å². The standard InChI is InChI=1S/C16H25N3O3S.2ClH/c1-2-16(20)14-5-3-6-15(13-14)23(21,22)18-7-4-10-19-11-8-17-9-12-19;;/h3,5-6,13,17-18H,2,4,7-12H2,1H3;2*1H. The van der Waals surface area contributed by atoms with Crippen molar-refractivity contribution >= 4 is 40.6 Å². The van der Waals surface area contributed by atoms with Gasteiger partial charge in [-0.3, -0.25) is 4.79 Å². The second-order valence-corrected chi connectivity index (χ2v) is 7.41. The van der Waals surface area contributed by atoms with E-state index in [-0.39, 0.29) is 35.5 Å². The molecule has 6 nitrogen and oxygen atoms in total. The van der Waals surface area contributed by atoms with E-state index in [0.29, 0.717) is 18.5 Å². The summed E-state index contributed by atoms with van der Waals surface area (Å²) in [5.41, 5.74) is 0.441. The fourth-order valence-electron chi connectivity index (χ4n) is 2.57. The zero-order valence-corrected chi connectivity index (χ0v) is 16.8. The Kier molecular flexibility index (Phi) is 11.5. The van der Waals surface area contributed by atoms with Gasteiger partial charge in [-0.1, -0.05) is 19.1 Å². The number of carbonyl (C=O) groups excluding carboxylic acids is 1. The average molecular weight is 412 g/mol. The Balaban J connectivity index is 0.00000288. The number of hydrogen-bond donors (Lipinski definition) is 2. The molecule has 0 aromatic heterocycles. The first kappa shape index (κ1) is 24.3. The lowest BCUT2D eigenvalue weighted by Gasteiger charge is -2.27. The van der Waals surface area contributed by atoms with E-state index < -0.39 is 10.0 Å². The summed E-state index contributed by atoms with van der Waals surface area (Å²) in [5, 5.41) is 3.29. The monoisotopic (exact) mass is 411 g/mol. The first-order valence-corrected chi connectivity index (χ1v) is 9.57. The smallest absolute Gasteiger partial charge is 0.240 e. The Morgan fingerprint density at radius 2 is 1.92 bits per heavy atom. The highest BCUT2D eigenvalue weighted by molar-refractivity contribution is 7.89. The Morgan fingerprint density at radius 1 is 1.24 bits per heavy atom. The Hall–Kier alpha value is -0.700. The molecule has 1 saturated heterocycles. The molecule has 0 radical (unpaired) electrons. The van der Waals surface area contributed by atoms with Gasteiger partial charge >= 0.3 is 0 Å². The third-order valence-electron chi connectivity index (χ3n) is 3.94. The first-order valence-electron chi connectivity index (χ1n) is 8.09. The molecule has 0 amide bonds. The highest BCUT2D eigenvalue weighted by atomic mass is 35.5. The first-order chi connectivity index (χ1) is 11.0. The molecular weight excluding hydrogens is 385 g/mol. The molecule has 9 heteroatoms. The summed E-state index contributed by atoms with van der Waals surface area (Å²) in [6.07, 6.45) is 1.13. The van der Waals surface area contributed by atoms with Crippen LogP contribution >= 0.6 is 24.8 Å². The highest BCUT2D eigenvalue weighted by Gasteiger charge is 2.16. The highest BCUT2D eigenvalue weighted by Crippen LogP contribution is 2.13. The fourth-order valence-corrected chi connectivity index (χ4v) is 3.69. The summed E-state index contributed by atoms with van der Waals surface area (Å²) in [5.74, 6) is -0.0549. The van der Waals surface area contributed by atoms with Crippen molar-refractivity contribution in [3.8, 4) is 0 Å². The second-order valence-electron chi connectivity index (χ2n) is 5.65. The molecule has 0 unspecified atom stereocenters. The maximum atomic E-state index is 12.3. The van der Waals surface area contributed by atoms with Gasteiger partial charge in [-0.15, -0.1) is 24.8 Å². The summed E-state index contributed by atoms with van der Waals surface area (Å²) in [6, 6.07) is 6.23. The predicted octanol–water partition coefficient (Wildman–Crippen LogP) is 1.70. The van der Waals surface area contributed by atoms with Crippen LogP contribution in [0.3, 0.4) is 0 Å². The minimum Gasteiger partial charge on any atom is -0.314 e. The molecule has 2 rings (SSSR count). The van der Waals surface area contributed by atoms with Gasteiger partial charge in [0.1, 0.15) is 0 Å². The average Bonchev–Trinajstić information content (AvgIpc) is 2.59. The normalized spacial score (nSPS) is 15.1.